The Hall–Kier alpha value is -3.16. The van der Waals surface area contributed by atoms with Gasteiger partial charge in [0.25, 0.3) is 0 Å². The van der Waals surface area contributed by atoms with Gasteiger partial charge in [-0.1, -0.05) is 18.2 Å². The number of nitrogens with zero attached hydrogens (tertiary/aromatic N) is 5. The molecule has 5 rings (SSSR count). The molecule has 1 saturated heterocycles. The van der Waals surface area contributed by atoms with Gasteiger partial charge < -0.3 is 4.98 Å². The van der Waals surface area contributed by atoms with Gasteiger partial charge >= 0.3 is 0 Å². The monoisotopic (exact) mass is 420 g/mol. The minimum atomic E-state index is -3.10. The van der Waals surface area contributed by atoms with Crippen molar-refractivity contribution >= 4 is 21.8 Å². The largest absolute Gasteiger partial charge is 0.346 e. The van der Waals surface area contributed by atoms with E-state index < -0.39 is 16.3 Å². The topological polar surface area (TPSA) is 114 Å². The van der Waals surface area contributed by atoms with Crippen molar-refractivity contribution in [1.29, 1.82) is 5.26 Å². The van der Waals surface area contributed by atoms with Crippen molar-refractivity contribution in [2.45, 2.75) is 16.9 Å². The molecule has 1 aliphatic heterocycles. The Bertz CT molecular complexity index is 1240. The maximum atomic E-state index is 10.8. The Balaban J connectivity index is 1.45. The predicted octanol–water partition coefficient (Wildman–Crippen LogP) is 4.08. The highest BCUT2D eigenvalue weighted by atomic mass is 32.3. The fourth-order valence-corrected chi connectivity index (χ4v) is 5.62. The molecule has 30 heavy (non-hydrogen) atoms. The molecule has 0 spiro atoms. The molecule has 0 amide bonds. The van der Waals surface area contributed by atoms with Crippen molar-refractivity contribution in [3.8, 4) is 17.2 Å². The molecule has 9 heteroatoms. The molecule has 0 radical (unpaired) electrons. The van der Waals surface area contributed by atoms with Gasteiger partial charge in [-0.25, -0.2) is 4.98 Å². The van der Waals surface area contributed by atoms with Gasteiger partial charge in [0.15, 0.2) is 0 Å². The second-order valence-corrected chi connectivity index (χ2v) is 9.49. The third kappa shape index (κ3) is 2.89. The zero-order valence-electron chi connectivity index (χ0n) is 16.0. The van der Waals surface area contributed by atoms with E-state index in [-0.39, 0.29) is 6.42 Å². The average Bonchev–Trinajstić information content (AvgIpc) is 3.40. The smallest absolute Gasteiger partial charge is 0.137 e. The van der Waals surface area contributed by atoms with Crippen molar-refractivity contribution in [3.63, 3.8) is 0 Å². The van der Waals surface area contributed by atoms with Gasteiger partial charge in [0, 0.05) is 42.6 Å². The lowest BCUT2D eigenvalue weighted by molar-refractivity contribution is 0.0625. The summed E-state index contributed by atoms with van der Waals surface area (Å²) in [5, 5.41) is 15.0. The molecule has 3 aromatic heterocycles. The van der Waals surface area contributed by atoms with Gasteiger partial charge in [-0.05, 0) is 29.8 Å². The van der Waals surface area contributed by atoms with E-state index in [2.05, 4.69) is 21.1 Å². The van der Waals surface area contributed by atoms with Gasteiger partial charge in [0.1, 0.15) is 11.2 Å². The van der Waals surface area contributed by atoms with Crippen LogP contribution in [0.3, 0.4) is 0 Å². The van der Waals surface area contributed by atoms with E-state index in [1.165, 1.54) is 0 Å². The van der Waals surface area contributed by atoms with Crippen LogP contribution in [0.4, 0.5) is 0 Å². The quantitative estimate of drug-likeness (QED) is 0.448. The van der Waals surface area contributed by atoms with E-state index in [0.717, 1.165) is 22.2 Å². The van der Waals surface area contributed by atoms with Crippen molar-refractivity contribution in [1.82, 2.24) is 24.1 Å². The zero-order chi connectivity index (χ0) is 20.8. The number of rotatable bonds is 5. The summed E-state index contributed by atoms with van der Waals surface area (Å²) in [6, 6.07) is 15.0. The minimum absolute atomic E-state index is 0.227. The molecule has 8 nitrogen and oxygen atoms in total. The van der Waals surface area contributed by atoms with Crippen LogP contribution in [0, 0.1) is 11.3 Å². The number of pyridine rings is 1. The van der Waals surface area contributed by atoms with E-state index >= 15 is 0 Å². The first-order chi connectivity index (χ1) is 14.5. The number of aromatic nitrogens is 4. The highest BCUT2D eigenvalue weighted by Gasteiger charge is 2.50. The minimum Gasteiger partial charge on any atom is -0.346 e. The van der Waals surface area contributed by atoms with Gasteiger partial charge in [0.2, 0.25) is 0 Å². The number of hydrogen-bond donors (Lipinski definition) is 3. The number of aromatic amines is 1. The summed E-state index contributed by atoms with van der Waals surface area (Å²) in [5.74, 6) is 0. The Morgan fingerprint density at radius 2 is 1.97 bits per heavy atom. The third-order valence-electron chi connectivity index (χ3n) is 5.61. The van der Waals surface area contributed by atoms with Crippen molar-refractivity contribution in [2.24, 2.45) is 0 Å². The molecule has 152 valence electrons. The van der Waals surface area contributed by atoms with Crippen LogP contribution >= 0.6 is 10.8 Å². The van der Waals surface area contributed by atoms with Crippen molar-refractivity contribution in [2.75, 3.05) is 13.1 Å². The van der Waals surface area contributed by atoms with Crippen LogP contribution < -0.4 is 0 Å². The van der Waals surface area contributed by atoms with E-state index in [1.807, 2.05) is 30.6 Å². The molecule has 0 bridgehead atoms. The first-order valence-corrected chi connectivity index (χ1v) is 11.0. The fraction of sp³-hybridized carbons (Fsp3) is 0.190. The van der Waals surface area contributed by atoms with Crippen LogP contribution in [0.15, 0.2) is 72.1 Å². The van der Waals surface area contributed by atoms with Crippen LogP contribution in [0.25, 0.3) is 22.2 Å². The predicted molar refractivity (Wildman–Crippen MR) is 115 cm³/mol. The second-order valence-electron chi connectivity index (χ2n) is 7.46. The van der Waals surface area contributed by atoms with Crippen LogP contribution in [0.1, 0.15) is 6.42 Å². The van der Waals surface area contributed by atoms with Crippen LogP contribution in [0.2, 0.25) is 0 Å². The highest BCUT2D eigenvalue weighted by molar-refractivity contribution is 8.22. The summed E-state index contributed by atoms with van der Waals surface area (Å²) in [4.78, 5) is 7.90. The number of H-pyrrole nitrogens is 1. The summed E-state index contributed by atoms with van der Waals surface area (Å²) in [7, 11) is -3.10. The van der Waals surface area contributed by atoms with E-state index in [0.29, 0.717) is 18.0 Å². The summed E-state index contributed by atoms with van der Waals surface area (Å²) in [6.07, 6.45) is 7.52. The van der Waals surface area contributed by atoms with E-state index in [1.54, 1.807) is 45.6 Å². The highest BCUT2D eigenvalue weighted by Crippen LogP contribution is 2.57. The molecule has 4 heterocycles. The SMILES string of the molecule is N#CCC1(n2cc(-c3ccnc4[nH]ccc34)cn2)CN(S(O)(O)c2ccccc2)C1. The molecule has 0 aliphatic carbocycles. The molecule has 1 aromatic carbocycles. The number of hydrogen-bond acceptors (Lipinski definition) is 6. The average molecular weight is 420 g/mol. The van der Waals surface area contributed by atoms with E-state index in [9.17, 15) is 14.4 Å². The summed E-state index contributed by atoms with van der Waals surface area (Å²) in [5.41, 5.74) is 2.13. The first-order valence-electron chi connectivity index (χ1n) is 9.46. The van der Waals surface area contributed by atoms with Crippen molar-refractivity contribution in [3.05, 3.63) is 67.3 Å². The maximum Gasteiger partial charge on any atom is 0.137 e. The Morgan fingerprint density at radius 3 is 2.73 bits per heavy atom. The van der Waals surface area contributed by atoms with Crippen molar-refractivity contribution < 1.29 is 9.11 Å². The molecular formula is C21H20N6O2S. The molecule has 4 aromatic rings. The fourth-order valence-electron chi connectivity index (χ4n) is 3.96. The Labute approximate surface area is 174 Å². The number of fused-ring (bicyclic) bond motifs is 1. The lowest BCUT2D eigenvalue weighted by Gasteiger charge is -2.56. The number of nitrogens with one attached hydrogen (secondary N) is 1. The van der Waals surface area contributed by atoms with Gasteiger partial charge in [-0.3, -0.25) is 13.8 Å². The Morgan fingerprint density at radius 1 is 1.17 bits per heavy atom. The molecule has 0 unspecified atom stereocenters. The number of nitriles is 1. The summed E-state index contributed by atoms with van der Waals surface area (Å²) < 4.78 is 25.0. The van der Waals surface area contributed by atoms with Gasteiger partial charge in [0.05, 0.1) is 23.6 Å². The molecule has 0 atom stereocenters. The maximum absolute atomic E-state index is 10.8. The van der Waals surface area contributed by atoms with Crippen LogP contribution in [-0.4, -0.2) is 46.2 Å². The first kappa shape index (κ1) is 18.8. The normalized spacial score (nSPS) is 16.8. The molecule has 3 N–H and O–H groups in total. The summed E-state index contributed by atoms with van der Waals surface area (Å²) >= 11 is 0. The molecule has 1 fully saturated rings. The van der Waals surface area contributed by atoms with E-state index in [4.69, 9.17) is 0 Å². The molecular weight excluding hydrogens is 400 g/mol. The lowest BCUT2D eigenvalue weighted by atomic mass is 9.89. The van der Waals surface area contributed by atoms with Gasteiger partial charge in [-0.15, -0.1) is 10.8 Å². The van der Waals surface area contributed by atoms with Crippen LogP contribution in [0.5, 0.6) is 0 Å². The standard InChI is InChI=1S/C21H20N6O2S/c22-9-8-21(14-26(15-21)30(28,29)17-4-2-1-3-5-17)27-13-16(12-25-27)18-6-10-23-20-19(18)7-11-24-20/h1-7,10-13,28-29H,8,14-15H2,(H,23,24). The third-order valence-corrected chi connectivity index (χ3v) is 7.49. The lowest BCUT2D eigenvalue weighted by Crippen LogP contribution is -2.62. The Kier molecular flexibility index (Phi) is 4.38. The van der Waals surface area contributed by atoms with Gasteiger partial charge in [-0.2, -0.15) is 14.7 Å². The summed E-state index contributed by atoms with van der Waals surface area (Å²) in [6.45, 7) is 0.656. The molecule has 1 aliphatic rings. The van der Waals surface area contributed by atoms with Crippen LogP contribution in [-0.2, 0) is 5.54 Å². The number of benzene rings is 1. The molecule has 0 saturated carbocycles. The zero-order valence-corrected chi connectivity index (χ0v) is 16.8. The second kappa shape index (κ2) is 6.97.